The number of esters is 1. The second-order valence-electron chi connectivity index (χ2n) is 3.14. The maximum absolute atomic E-state index is 11.3. The molecule has 17 heavy (non-hydrogen) atoms. The highest BCUT2D eigenvalue weighted by Crippen LogP contribution is 2.29. The van der Waals surface area contributed by atoms with E-state index in [1.165, 1.54) is 7.11 Å². The fourth-order valence-electron chi connectivity index (χ4n) is 1.03. The molecule has 8 heteroatoms. The third kappa shape index (κ3) is 3.31. The molecule has 0 saturated carbocycles. The molecule has 0 spiro atoms. The van der Waals surface area contributed by atoms with Crippen LogP contribution in [0, 0.1) is 0 Å². The van der Waals surface area contributed by atoms with Crippen LogP contribution in [0.2, 0.25) is 5.15 Å². The summed E-state index contributed by atoms with van der Waals surface area (Å²) in [5.41, 5.74) is 0. The number of thiazole rings is 1. The van der Waals surface area contributed by atoms with Gasteiger partial charge in [0.25, 0.3) is 0 Å². The Morgan fingerprint density at radius 1 is 1.59 bits per heavy atom. The van der Waals surface area contributed by atoms with Crippen molar-refractivity contribution in [3.05, 3.63) is 10.0 Å². The van der Waals surface area contributed by atoms with Crippen molar-refractivity contribution in [2.45, 2.75) is 0 Å². The van der Waals surface area contributed by atoms with Gasteiger partial charge in [-0.25, -0.2) is 9.78 Å². The zero-order valence-corrected chi connectivity index (χ0v) is 11.2. The summed E-state index contributed by atoms with van der Waals surface area (Å²) in [5, 5.41) is 3.06. The van der Waals surface area contributed by atoms with Crippen molar-refractivity contribution < 1.29 is 14.3 Å². The molecule has 0 aliphatic rings. The quantitative estimate of drug-likeness (QED) is 0.823. The van der Waals surface area contributed by atoms with Gasteiger partial charge in [0.1, 0.15) is 0 Å². The van der Waals surface area contributed by atoms with Crippen molar-refractivity contribution in [1.82, 2.24) is 10.3 Å². The van der Waals surface area contributed by atoms with Crippen LogP contribution in [-0.2, 0) is 9.53 Å². The molecule has 0 aliphatic carbocycles. The molecule has 1 rings (SSSR count). The van der Waals surface area contributed by atoms with Gasteiger partial charge < -0.3 is 15.0 Å². The Balaban J connectivity index is 2.85. The zero-order chi connectivity index (χ0) is 13.0. The summed E-state index contributed by atoms with van der Waals surface area (Å²) < 4.78 is 4.56. The first-order valence-electron chi connectivity index (χ1n) is 4.66. The number of aromatic nitrogens is 1. The molecule has 0 aliphatic heterocycles. The first-order chi connectivity index (χ1) is 7.99. The standard InChI is InChI=1S/C9H12ClN3O3S/c1-11-5(14)4-13(2)9-12-7(10)6(17-9)8(15)16-3/h4H2,1-3H3,(H,11,14). The highest BCUT2D eigenvalue weighted by atomic mass is 35.5. The van der Waals surface area contributed by atoms with Crippen LogP contribution >= 0.6 is 22.9 Å². The molecule has 1 amide bonds. The summed E-state index contributed by atoms with van der Waals surface area (Å²) in [5.74, 6) is -0.689. The van der Waals surface area contributed by atoms with Crippen LogP contribution in [0.5, 0.6) is 0 Å². The van der Waals surface area contributed by atoms with Crippen LogP contribution in [0.25, 0.3) is 0 Å². The normalized spacial score (nSPS) is 9.88. The molecular formula is C9H12ClN3O3S. The van der Waals surface area contributed by atoms with Crippen molar-refractivity contribution in [3.63, 3.8) is 0 Å². The van der Waals surface area contributed by atoms with E-state index in [1.54, 1.807) is 19.0 Å². The van der Waals surface area contributed by atoms with Crippen LogP contribution in [0.4, 0.5) is 5.13 Å². The molecule has 0 bridgehead atoms. The molecule has 0 saturated heterocycles. The number of hydrogen-bond donors (Lipinski definition) is 1. The maximum Gasteiger partial charge on any atom is 0.351 e. The Kier molecular flexibility index (Phi) is 4.71. The van der Waals surface area contributed by atoms with E-state index >= 15 is 0 Å². The number of methoxy groups -OCH3 is 1. The number of carbonyl (C=O) groups excluding carboxylic acids is 2. The van der Waals surface area contributed by atoms with Gasteiger partial charge in [-0.1, -0.05) is 22.9 Å². The summed E-state index contributed by atoms with van der Waals surface area (Å²) in [7, 11) is 4.50. The van der Waals surface area contributed by atoms with Crippen molar-refractivity contribution in [1.29, 1.82) is 0 Å². The molecule has 1 aromatic heterocycles. The second-order valence-corrected chi connectivity index (χ2v) is 4.47. The number of hydrogen-bond acceptors (Lipinski definition) is 6. The van der Waals surface area contributed by atoms with Gasteiger partial charge in [0.2, 0.25) is 5.91 Å². The number of anilines is 1. The number of ether oxygens (including phenoxy) is 1. The molecule has 6 nitrogen and oxygen atoms in total. The molecule has 94 valence electrons. The molecule has 0 unspecified atom stereocenters. The highest BCUT2D eigenvalue weighted by molar-refractivity contribution is 7.18. The van der Waals surface area contributed by atoms with Crippen molar-refractivity contribution in [3.8, 4) is 0 Å². The smallest absolute Gasteiger partial charge is 0.351 e. The third-order valence-corrected chi connectivity index (χ3v) is 3.47. The lowest BCUT2D eigenvalue weighted by molar-refractivity contribution is -0.119. The lowest BCUT2D eigenvalue weighted by Gasteiger charge is -2.13. The van der Waals surface area contributed by atoms with E-state index in [9.17, 15) is 9.59 Å². The van der Waals surface area contributed by atoms with E-state index < -0.39 is 5.97 Å². The Bertz CT molecular complexity index is 435. The minimum Gasteiger partial charge on any atom is -0.465 e. The first kappa shape index (κ1) is 13.7. The maximum atomic E-state index is 11.3. The van der Waals surface area contributed by atoms with E-state index in [1.807, 2.05) is 0 Å². The van der Waals surface area contributed by atoms with Gasteiger partial charge in [-0.3, -0.25) is 4.79 Å². The molecule has 0 atom stereocenters. The number of halogens is 1. The van der Waals surface area contributed by atoms with Crippen LogP contribution in [0.1, 0.15) is 9.67 Å². The van der Waals surface area contributed by atoms with Gasteiger partial charge in [-0.2, -0.15) is 0 Å². The van der Waals surface area contributed by atoms with E-state index in [0.717, 1.165) is 11.3 Å². The van der Waals surface area contributed by atoms with E-state index in [0.29, 0.717) is 5.13 Å². The van der Waals surface area contributed by atoms with Crippen LogP contribution in [0.3, 0.4) is 0 Å². The van der Waals surface area contributed by atoms with E-state index in [4.69, 9.17) is 11.6 Å². The number of likely N-dealkylation sites (N-methyl/N-ethyl adjacent to an activating group) is 2. The van der Waals surface area contributed by atoms with Gasteiger partial charge in [0, 0.05) is 14.1 Å². The Morgan fingerprint density at radius 3 is 2.76 bits per heavy atom. The predicted octanol–water partition coefficient (Wildman–Crippen LogP) is 0.765. The zero-order valence-electron chi connectivity index (χ0n) is 9.61. The molecular weight excluding hydrogens is 266 g/mol. The summed E-state index contributed by atoms with van der Waals surface area (Å²) >= 11 is 6.89. The summed E-state index contributed by atoms with van der Waals surface area (Å²) in [6, 6.07) is 0. The minimum atomic E-state index is -0.535. The lowest BCUT2D eigenvalue weighted by atomic mass is 10.5. The SMILES string of the molecule is CNC(=O)CN(C)c1nc(Cl)c(C(=O)OC)s1. The van der Waals surface area contributed by atoms with Gasteiger partial charge >= 0.3 is 5.97 Å². The lowest BCUT2D eigenvalue weighted by Crippen LogP contribution is -2.32. The fraction of sp³-hybridized carbons (Fsp3) is 0.444. The Morgan fingerprint density at radius 2 is 2.24 bits per heavy atom. The van der Waals surface area contributed by atoms with Crippen molar-refractivity contribution >= 4 is 39.9 Å². The van der Waals surface area contributed by atoms with Gasteiger partial charge in [0.15, 0.2) is 15.2 Å². The molecule has 0 aromatic carbocycles. The second kappa shape index (κ2) is 5.83. The average molecular weight is 278 g/mol. The van der Waals surface area contributed by atoms with Crippen molar-refractivity contribution in [2.24, 2.45) is 0 Å². The minimum absolute atomic E-state index is 0.0839. The van der Waals surface area contributed by atoms with E-state index in [-0.39, 0.29) is 22.5 Å². The summed E-state index contributed by atoms with van der Waals surface area (Å²) in [6.07, 6.45) is 0. The number of amides is 1. The number of carbonyl (C=O) groups is 2. The van der Waals surface area contributed by atoms with Crippen LogP contribution in [0.15, 0.2) is 0 Å². The molecule has 0 fully saturated rings. The summed E-state index contributed by atoms with van der Waals surface area (Å²) in [4.78, 5) is 28.3. The van der Waals surface area contributed by atoms with Gasteiger partial charge in [-0.05, 0) is 0 Å². The number of nitrogens with zero attached hydrogens (tertiary/aromatic N) is 2. The predicted molar refractivity (Wildman–Crippen MR) is 65.8 cm³/mol. The largest absolute Gasteiger partial charge is 0.465 e. The van der Waals surface area contributed by atoms with Crippen molar-refractivity contribution in [2.75, 3.05) is 32.6 Å². The Labute approximate surface area is 108 Å². The van der Waals surface area contributed by atoms with Crippen LogP contribution < -0.4 is 10.2 Å². The molecule has 1 heterocycles. The van der Waals surface area contributed by atoms with Gasteiger partial charge in [0.05, 0.1) is 13.7 Å². The molecule has 0 radical (unpaired) electrons. The average Bonchev–Trinajstić information content (AvgIpc) is 2.70. The summed E-state index contributed by atoms with van der Waals surface area (Å²) in [6.45, 7) is 0.140. The highest BCUT2D eigenvalue weighted by Gasteiger charge is 2.19. The third-order valence-electron chi connectivity index (χ3n) is 1.93. The van der Waals surface area contributed by atoms with E-state index in [2.05, 4.69) is 15.0 Å². The first-order valence-corrected chi connectivity index (χ1v) is 5.85. The molecule has 1 N–H and O–H groups in total. The number of rotatable bonds is 4. The molecule has 1 aromatic rings. The van der Waals surface area contributed by atoms with Gasteiger partial charge in [-0.15, -0.1) is 0 Å². The van der Waals surface area contributed by atoms with Crippen LogP contribution in [-0.4, -0.2) is 44.6 Å². The fourth-order valence-corrected chi connectivity index (χ4v) is 2.19. The Hall–Kier alpha value is -1.34. The topological polar surface area (TPSA) is 71.5 Å². The number of nitrogens with one attached hydrogen (secondary N) is 1. The monoisotopic (exact) mass is 277 g/mol.